The van der Waals surface area contributed by atoms with Crippen molar-refractivity contribution in [2.24, 2.45) is 5.92 Å². The van der Waals surface area contributed by atoms with Gasteiger partial charge in [0.05, 0.1) is 12.3 Å². The highest BCUT2D eigenvalue weighted by Crippen LogP contribution is 2.18. The summed E-state index contributed by atoms with van der Waals surface area (Å²) < 4.78 is 10.6. The SMILES string of the molecule is CC[C@H](CC(=O)Oc1ccc(C)cc1)C(=O)Oc1ccc(C)cc1. The van der Waals surface area contributed by atoms with Gasteiger partial charge in [-0.25, -0.2) is 0 Å². The minimum absolute atomic E-state index is 0.00489. The van der Waals surface area contributed by atoms with Crippen LogP contribution in [-0.4, -0.2) is 11.9 Å². The van der Waals surface area contributed by atoms with E-state index >= 15 is 0 Å². The Morgan fingerprint density at radius 1 is 0.833 bits per heavy atom. The number of carbonyl (C=O) groups is 2. The lowest BCUT2D eigenvalue weighted by molar-refractivity contribution is -0.145. The third-order valence-corrected chi connectivity index (χ3v) is 3.73. The highest BCUT2D eigenvalue weighted by atomic mass is 16.5. The maximum Gasteiger partial charge on any atom is 0.314 e. The molecule has 126 valence electrons. The van der Waals surface area contributed by atoms with Gasteiger partial charge in [0.25, 0.3) is 0 Å². The molecule has 0 spiro atoms. The van der Waals surface area contributed by atoms with E-state index in [1.54, 1.807) is 24.3 Å². The fourth-order valence-electron chi connectivity index (χ4n) is 2.18. The molecule has 4 heteroatoms. The van der Waals surface area contributed by atoms with Crippen molar-refractivity contribution in [3.63, 3.8) is 0 Å². The van der Waals surface area contributed by atoms with Crippen LogP contribution >= 0.6 is 0 Å². The van der Waals surface area contributed by atoms with Crippen LogP contribution in [0.1, 0.15) is 30.9 Å². The first-order valence-electron chi connectivity index (χ1n) is 8.03. The molecule has 0 unspecified atom stereocenters. The van der Waals surface area contributed by atoms with E-state index in [2.05, 4.69) is 0 Å². The van der Waals surface area contributed by atoms with Crippen LogP contribution in [0.5, 0.6) is 11.5 Å². The van der Waals surface area contributed by atoms with Crippen LogP contribution in [0.15, 0.2) is 48.5 Å². The van der Waals surface area contributed by atoms with Gasteiger partial charge in [0.1, 0.15) is 11.5 Å². The van der Waals surface area contributed by atoms with Gasteiger partial charge in [0.15, 0.2) is 0 Å². The lowest BCUT2D eigenvalue weighted by atomic mass is 10.0. The lowest BCUT2D eigenvalue weighted by Gasteiger charge is -2.13. The molecule has 2 rings (SSSR count). The first-order chi connectivity index (χ1) is 11.5. The molecule has 0 bridgehead atoms. The molecule has 0 aliphatic carbocycles. The maximum absolute atomic E-state index is 12.2. The number of hydrogen-bond acceptors (Lipinski definition) is 4. The number of carbonyl (C=O) groups excluding carboxylic acids is 2. The number of esters is 2. The predicted molar refractivity (Wildman–Crippen MR) is 92.0 cm³/mol. The van der Waals surface area contributed by atoms with Gasteiger partial charge in [-0.3, -0.25) is 9.59 Å². The summed E-state index contributed by atoms with van der Waals surface area (Å²) in [4.78, 5) is 24.3. The molecule has 0 saturated heterocycles. The summed E-state index contributed by atoms with van der Waals surface area (Å²) >= 11 is 0. The largest absolute Gasteiger partial charge is 0.427 e. The van der Waals surface area contributed by atoms with Crippen molar-refractivity contribution in [1.29, 1.82) is 0 Å². The Hall–Kier alpha value is -2.62. The van der Waals surface area contributed by atoms with Crippen LogP contribution in [0.3, 0.4) is 0 Å². The molecule has 2 aromatic carbocycles. The molecular weight excluding hydrogens is 304 g/mol. The summed E-state index contributed by atoms with van der Waals surface area (Å²) in [7, 11) is 0. The molecule has 0 saturated carbocycles. The Balaban J connectivity index is 1.92. The molecule has 24 heavy (non-hydrogen) atoms. The molecule has 0 radical (unpaired) electrons. The molecule has 0 heterocycles. The van der Waals surface area contributed by atoms with Gasteiger partial charge in [-0.2, -0.15) is 0 Å². The second-order valence-electron chi connectivity index (χ2n) is 5.83. The van der Waals surface area contributed by atoms with Crippen molar-refractivity contribution >= 4 is 11.9 Å². The molecule has 0 N–H and O–H groups in total. The quantitative estimate of drug-likeness (QED) is 0.589. The van der Waals surface area contributed by atoms with Crippen molar-refractivity contribution in [3.05, 3.63) is 59.7 Å². The van der Waals surface area contributed by atoms with E-state index in [9.17, 15) is 9.59 Å². The fraction of sp³-hybridized carbons (Fsp3) is 0.300. The maximum atomic E-state index is 12.2. The van der Waals surface area contributed by atoms with Crippen LogP contribution in [0, 0.1) is 19.8 Å². The molecule has 0 amide bonds. The van der Waals surface area contributed by atoms with Crippen LogP contribution in [0.4, 0.5) is 0 Å². The zero-order valence-electron chi connectivity index (χ0n) is 14.2. The van der Waals surface area contributed by atoms with Gasteiger partial charge in [-0.1, -0.05) is 42.3 Å². The Labute approximate surface area is 142 Å². The summed E-state index contributed by atoms with van der Waals surface area (Å²) in [5.41, 5.74) is 2.17. The summed E-state index contributed by atoms with van der Waals surface area (Å²) in [6.07, 6.45) is 0.503. The van der Waals surface area contributed by atoms with Crippen LogP contribution < -0.4 is 9.47 Å². The molecule has 0 aromatic heterocycles. The smallest absolute Gasteiger partial charge is 0.314 e. The molecule has 0 aliphatic rings. The van der Waals surface area contributed by atoms with Crippen molar-refractivity contribution in [1.82, 2.24) is 0 Å². The first kappa shape index (κ1) is 17.7. The number of aryl methyl sites for hydroxylation is 2. The number of ether oxygens (including phenoxy) is 2. The molecular formula is C20H22O4. The molecule has 0 fully saturated rings. The summed E-state index contributed by atoms with van der Waals surface area (Å²) in [6, 6.07) is 14.4. The van der Waals surface area contributed by atoms with Gasteiger partial charge in [0.2, 0.25) is 0 Å². The average Bonchev–Trinajstić information content (AvgIpc) is 2.56. The van der Waals surface area contributed by atoms with Crippen molar-refractivity contribution < 1.29 is 19.1 Å². The number of hydrogen-bond donors (Lipinski definition) is 0. The standard InChI is InChI=1S/C20H22O4/c1-4-16(20(22)24-18-11-7-15(3)8-12-18)13-19(21)23-17-9-5-14(2)6-10-17/h5-12,16H,4,13H2,1-3H3/t16-/m1/s1. The third kappa shape index (κ3) is 5.23. The molecule has 0 aliphatic heterocycles. The predicted octanol–water partition coefficient (Wildman–Crippen LogP) is 4.23. The molecule has 4 nitrogen and oxygen atoms in total. The monoisotopic (exact) mass is 326 g/mol. The number of benzene rings is 2. The average molecular weight is 326 g/mol. The Bertz CT molecular complexity index is 687. The highest BCUT2D eigenvalue weighted by Gasteiger charge is 2.23. The first-order valence-corrected chi connectivity index (χ1v) is 8.03. The summed E-state index contributed by atoms with van der Waals surface area (Å²) in [6.45, 7) is 5.77. The molecule has 1 atom stereocenters. The van der Waals surface area contributed by atoms with Crippen molar-refractivity contribution in [2.75, 3.05) is 0 Å². The fourth-order valence-corrected chi connectivity index (χ4v) is 2.18. The van der Waals surface area contributed by atoms with Gasteiger partial charge < -0.3 is 9.47 Å². The van der Waals surface area contributed by atoms with E-state index < -0.39 is 17.9 Å². The van der Waals surface area contributed by atoms with E-state index in [0.29, 0.717) is 17.9 Å². The number of rotatable bonds is 6. The Morgan fingerprint density at radius 2 is 1.29 bits per heavy atom. The van der Waals surface area contributed by atoms with Gasteiger partial charge in [-0.15, -0.1) is 0 Å². The van der Waals surface area contributed by atoms with E-state index in [4.69, 9.17) is 9.47 Å². The zero-order valence-corrected chi connectivity index (χ0v) is 14.2. The topological polar surface area (TPSA) is 52.6 Å². The van der Waals surface area contributed by atoms with Crippen molar-refractivity contribution in [3.8, 4) is 11.5 Å². The zero-order chi connectivity index (χ0) is 17.5. The normalized spacial score (nSPS) is 11.6. The van der Waals surface area contributed by atoms with E-state index in [1.165, 1.54) is 0 Å². The Morgan fingerprint density at radius 3 is 1.75 bits per heavy atom. The summed E-state index contributed by atoms with van der Waals surface area (Å²) in [5, 5.41) is 0. The van der Waals surface area contributed by atoms with Gasteiger partial charge in [-0.05, 0) is 44.5 Å². The highest BCUT2D eigenvalue weighted by molar-refractivity contribution is 5.82. The second kappa shape index (κ2) is 8.29. The van der Waals surface area contributed by atoms with Crippen LogP contribution in [0.25, 0.3) is 0 Å². The van der Waals surface area contributed by atoms with E-state index in [1.807, 2.05) is 45.0 Å². The van der Waals surface area contributed by atoms with Crippen LogP contribution in [-0.2, 0) is 9.59 Å². The minimum atomic E-state index is -0.524. The third-order valence-electron chi connectivity index (χ3n) is 3.73. The van der Waals surface area contributed by atoms with Crippen molar-refractivity contribution in [2.45, 2.75) is 33.6 Å². The van der Waals surface area contributed by atoms with Crippen LogP contribution in [0.2, 0.25) is 0 Å². The molecule has 2 aromatic rings. The Kier molecular flexibility index (Phi) is 6.13. The lowest BCUT2D eigenvalue weighted by Crippen LogP contribution is -2.24. The van der Waals surface area contributed by atoms with Gasteiger partial charge in [0, 0.05) is 0 Å². The van der Waals surface area contributed by atoms with E-state index in [0.717, 1.165) is 11.1 Å². The van der Waals surface area contributed by atoms with E-state index in [-0.39, 0.29) is 6.42 Å². The minimum Gasteiger partial charge on any atom is -0.427 e. The summed E-state index contributed by atoms with van der Waals surface area (Å²) in [5.74, 6) is -0.415. The van der Waals surface area contributed by atoms with Gasteiger partial charge >= 0.3 is 11.9 Å². The second-order valence-corrected chi connectivity index (χ2v) is 5.83.